The van der Waals surface area contributed by atoms with Crippen LogP contribution in [0.25, 0.3) is 0 Å². The molecule has 0 fully saturated rings. The van der Waals surface area contributed by atoms with Crippen LogP contribution >= 0.6 is 0 Å². The zero-order chi connectivity index (χ0) is 14.3. The van der Waals surface area contributed by atoms with E-state index in [9.17, 15) is 4.79 Å². The fraction of sp³-hybridized carbons (Fsp3) is 0.500. The highest BCUT2D eigenvalue weighted by Crippen LogP contribution is 2.19. The van der Waals surface area contributed by atoms with Crippen molar-refractivity contribution < 1.29 is 14.3 Å². The van der Waals surface area contributed by atoms with Crippen molar-refractivity contribution in [2.45, 2.75) is 13.8 Å². The van der Waals surface area contributed by atoms with E-state index in [4.69, 9.17) is 15.2 Å². The van der Waals surface area contributed by atoms with Gasteiger partial charge >= 0.3 is 0 Å². The molecule has 0 saturated carbocycles. The predicted molar refractivity (Wildman–Crippen MR) is 75.3 cm³/mol. The third kappa shape index (κ3) is 4.89. The molecule has 0 aliphatic carbocycles. The van der Waals surface area contributed by atoms with Crippen molar-refractivity contribution in [2.24, 2.45) is 11.1 Å². The van der Waals surface area contributed by atoms with Crippen molar-refractivity contribution in [2.75, 3.05) is 32.2 Å². The first kappa shape index (κ1) is 15.5. The number of nitrogens with one attached hydrogen (secondary N) is 1. The van der Waals surface area contributed by atoms with Gasteiger partial charge in [0.2, 0.25) is 5.91 Å². The Kier molecular flexibility index (Phi) is 5.79. The first-order chi connectivity index (χ1) is 8.99. The van der Waals surface area contributed by atoms with Crippen molar-refractivity contribution in [1.29, 1.82) is 0 Å². The summed E-state index contributed by atoms with van der Waals surface area (Å²) in [4.78, 5) is 11.9. The van der Waals surface area contributed by atoms with Gasteiger partial charge in [0, 0.05) is 19.3 Å². The molecule has 1 aromatic rings. The molecule has 1 rings (SSSR count). The topological polar surface area (TPSA) is 73.6 Å². The second-order valence-electron chi connectivity index (χ2n) is 4.91. The fourth-order valence-electron chi connectivity index (χ4n) is 1.27. The molecule has 0 saturated heterocycles. The predicted octanol–water partition coefficient (Wildman–Crippen LogP) is 1.64. The van der Waals surface area contributed by atoms with Gasteiger partial charge in [0.25, 0.3) is 0 Å². The Morgan fingerprint density at radius 2 is 1.89 bits per heavy atom. The summed E-state index contributed by atoms with van der Waals surface area (Å²) in [7, 11) is 1.63. The van der Waals surface area contributed by atoms with E-state index in [1.54, 1.807) is 31.4 Å². The quantitative estimate of drug-likeness (QED) is 0.736. The summed E-state index contributed by atoms with van der Waals surface area (Å²) in [5.41, 5.74) is 5.71. The number of hydrogen-bond donors (Lipinski definition) is 2. The van der Waals surface area contributed by atoms with Crippen LogP contribution in [0.4, 0.5) is 5.69 Å². The lowest BCUT2D eigenvalue weighted by molar-refractivity contribution is -0.123. The molecule has 1 aromatic carbocycles. The number of benzene rings is 1. The molecule has 0 aliphatic heterocycles. The van der Waals surface area contributed by atoms with E-state index >= 15 is 0 Å². The third-order valence-corrected chi connectivity index (χ3v) is 2.79. The van der Waals surface area contributed by atoms with Gasteiger partial charge in [-0.1, -0.05) is 0 Å². The van der Waals surface area contributed by atoms with Crippen molar-refractivity contribution >= 4 is 11.6 Å². The first-order valence-corrected chi connectivity index (χ1v) is 6.23. The summed E-state index contributed by atoms with van der Waals surface area (Å²) in [6.45, 7) is 4.97. The molecular weight excluding hydrogens is 244 g/mol. The molecule has 0 bridgehead atoms. The van der Waals surface area contributed by atoms with Crippen LogP contribution in [-0.2, 0) is 9.53 Å². The van der Waals surface area contributed by atoms with Gasteiger partial charge in [-0.15, -0.1) is 0 Å². The highest BCUT2D eigenvalue weighted by Gasteiger charge is 2.25. The van der Waals surface area contributed by atoms with E-state index in [2.05, 4.69) is 5.32 Å². The molecule has 0 radical (unpaired) electrons. The SMILES string of the molecule is COCCOc1ccc(NC(=O)C(C)(C)CN)cc1. The van der Waals surface area contributed by atoms with Gasteiger partial charge in [-0.2, -0.15) is 0 Å². The molecule has 106 valence electrons. The van der Waals surface area contributed by atoms with Crippen molar-refractivity contribution in [3.63, 3.8) is 0 Å². The van der Waals surface area contributed by atoms with Crippen LogP contribution in [0.15, 0.2) is 24.3 Å². The number of hydrogen-bond acceptors (Lipinski definition) is 4. The van der Waals surface area contributed by atoms with Crippen molar-refractivity contribution in [1.82, 2.24) is 0 Å². The van der Waals surface area contributed by atoms with Crippen molar-refractivity contribution in [3.8, 4) is 5.75 Å². The molecule has 0 heterocycles. The standard InChI is InChI=1S/C14H22N2O3/c1-14(2,10-15)13(17)16-11-4-6-12(7-5-11)19-9-8-18-3/h4-7H,8-10,15H2,1-3H3,(H,16,17). The van der Waals surface area contributed by atoms with Crippen molar-refractivity contribution in [3.05, 3.63) is 24.3 Å². The first-order valence-electron chi connectivity index (χ1n) is 6.23. The highest BCUT2D eigenvalue weighted by molar-refractivity contribution is 5.94. The van der Waals surface area contributed by atoms with Crippen LogP contribution in [0.5, 0.6) is 5.75 Å². The van der Waals surface area contributed by atoms with Crippen LogP contribution in [-0.4, -0.2) is 32.8 Å². The molecule has 0 aliphatic rings. The Labute approximate surface area is 114 Å². The summed E-state index contributed by atoms with van der Waals surface area (Å²) in [6, 6.07) is 7.21. The number of carbonyl (C=O) groups excluding carboxylic acids is 1. The molecule has 19 heavy (non-hydrogen) atoms. The minimum absolute atomic E-state index is 0.0944. The van der Waals surface area contributed by atoms with Crippen LogP contribution in [0.1, 0.15) is 13.8 Å². The van der Waals surface area contributed by atoms with E-state index in [0.717, 1.165) is 11.4 Å². The molecule has 0 atom stereocenters. The Morgan fingerprint density at radius 1 is 1.26 bits per heavy atom. The highest BCUT2D eigenvalue weighted by atomic mass is 16.5. The summed E-state index contributed by atoms with van der Waals surface area (Å²) in [5, 5.41) is 2.83. The summed E-state index contributed by atoms with van der Waals surface area (Å²) in [6.07, 6.45) is 0. The third-order valence-electron chi connectivity index (χ3n) is 2.79. The van der Waals surface area contributed by atoms with E-state index in [0.29, 0.717) is 19.8 Å². The average molecular weight is 266 g/mol. The average Bonchev–Trinajstić information content (AvgIpc) is 2.41. The lowest BCUT2D eigenvalue weighted by Crippen LogP contribution is -2.37. The maximum atomic E-state index is 11.9. The number of amides is 1. The maximum absolute atomic E-state index is 11.9. The molecular formula is C14H22N2O3. The zero-order valence-electron chi connectivity index (χ0n) is 11.7. The lowest BCUT2D eigenvalue weighted by Gasteiger charge is -2.21. The van der Waals surface area contributed by atoms with Gasteiger partial charge in [0.05, 0.1) is 12.0 Å². The number of ether oxygens (including phenoxy) is 2. The monoisotopic (exact) mass is 266 g/mol. The molecule has 3 N–H and O–H groups in total. The zero-order valence-corrected chi connectivity index (χ0v) is 11.7. The smallest absolute Gasteiger partial charge is 0.231 e. The van der Waals surface area contributed by atoms with Gasteiger partial charge in [-0.3, -0.25) is 4.79 Å². The number of nitrogens with two attached hydrogens (primary N) is 1. The second-order valence-corrected chi connectivity index (χ2v) is 4.91. The van der Waals surface area contributed by atoms with Crippen LogP contribution in [0.2, 0.25) is 0 Å². The van der Waals surface area contributed by atoms with E-state index in [1.165, 1.54) is 0 Å². The van der Waals surface area contributed by atoms with Gasteiger partial charge in [0.1, 0.15) is 12.4 Å². The van der Waals surface area contributed by atoms with Gasteiger partial charge in [-0.05, 0) is 38.1 Å². The van der Waals surface area contributed by atoms with E-state index in [-0.39, 0.29) is 5.91 Å². The maximum Gasteiger partial charge on any atom is 0.231 e. The Morgan fingerprint density at radius 3 is 2.42 bits per heavy atom. The largest absolute Gasteiger partial charge is 0.491 e. The molecule has 0 spiro atoms. The Hall–Kier alpha value is -1.59. The molecule has 0 aromatic heterocycles. The summed E-state index contributed by atoms with van der Waals surface area (Å²) >= 11 is 0. The van der Waals surface area contributed by atoms with Gasteiger partial charge in [0.15, 0.2) is 0 Å². The van der Waals surface area contributed by atoms with Crippen LogP contribution in [0, 0.1) is 5.41 Å². The molecule has 5 heteroatoms. The molecule has 1 amide bonds. The van der Waals surface area contributed by atoms with Gasteiger partial charge < -0.3 is 20.5 Å². The summed E-state index contributed by atoms with van der Waals surface area (Å²) in [5.74, 6) is 0.649. The minimum atomic E-state index is -0.576. The summed E-state index contributed by atoms with van der Waals surface area (Å²) < 4.78 is 10.3. The minimum Gasteiger partial charge on any atom is -0.491 e. The molecule has 0 unspecified atom stereocenters. The number of carbonyl (C=O) groups is 1. The molecule has 5 nitrogen and oxygen atoms in total. The number of anilines is 1. The van der Waals surface area contributed by atoms with Gasteiger partial charge in [-0.25, -0.2) is 0 Å². The van der Waals surface area contributed by atoms with Crippen LogP contribution in [0.3, 0.4) is 0 Å². The lowest BCUT2D eigenvalue weighted by atomic mass is 9.92. The number of methoxy groups -OCH3 is 1. The fourth-order valence-corrected chi connectivity index (χ4v) is 1.27. The normalized spacial score (nSPS) is 11.2. The van der Waals surface area contributed by atoms with E-state index in [1.807, 2.05) is 13.8 Å². The second kappa shape index (κ2) is 7.11. The Balaban J connectivity index is 2.55. The van der Waals surface area contributed by atoms with E-state index < -0.39 is 5.41 Å². The Bertz CT molecular complexity index is 402. The van der Waals surface area contributed by atoms with Crippen LogP contribution < -0.4 is 15.8 Å². The number of rotatable bonds is 7.